The molecule has 0 aromatic heterocycles. The van der Waals surface area contributed by atoms with Gasteiger partial charge in [-0.3, -0.25) is 9.59 Å². The van der Waals surface area contributed by atoms with Crippen molar-refractivity contribution in [3.8, 4) is 0 Å². The molecule has 29 heavy (non-hydrogen) atoms. The molecule has 1 atom stereocenters. The summed E-state index contributed by atoms with van der Waals surface area (Å²) < 4.78 is 0. The van der Waals surface area contributed by atoms with Crippen LogP contribution in [-0.2, 0) is 11.3 Å². The third-order valence-corrected chi connectivity index (χ3v) is 7.82. The second-order valence-electron chi connectivity index (χ2n) is 10.1. The Hall–Kier alpha value is -1.88. The Morgan fingerprint density at radius 1 is 1.00 bits per heavy atom. The number of carbonyl (C=O) groups excluding carboxylic acids is 2. The van der Waals surface area contributed by atoms with Crippen LogP contribution in [0.15, 0.2) is 24.3 Å². The lowest BCUT2D eigenvalue weighted by Crippen LogP contribution is -2.53. The second kappa shape index (κ2) is 7.75. The molecule has 0 radical (unpaired) electrons. The molecule has 0 spiro atoms. The molecule has 5 fully saturated rings. The van der Waals surface area contributed by atoms with Crippen LogP contribution in [0.1, 0.15) is 67.3 Å². The first kappa shape index (κ1) is 19.1. The van der Waals surface area contributed by atoms with E-state index in [1.54, 1.807) is 0 Å². The molecule has 5 aliphatic rings. The molecule has 156 valence electrons. The molecule has 5 nitrogen and oxygen atoms in total. The van der Waals surface area contributed by atoms with Crippen LogP contribution in [0.25, 0.3) is 0 Å². The van der Waals surface area contributed by atoms with Gasteiger partial charge in [-0.1, -0.05) is 12.1 Å². The summed E-state index contributed by atoms with van der Waals surface area (Å²) in [6.45, 7) is 2.44. The fourth-order valence-corrected chi connectivity index (χ4v) is 6.78. The number of piperidine rings is 1. The summed E-state index contributed by atoms with van der Waals surface area (Å²) in [4.78, 5) is 25.5. The van der Waals surface area contributed by atoms with Crippen molar-refractivity contribution >= 4 is 11.8 Å². The first-order valence-electron chi connectivity index (χ1n) is 11.5. The van der Waals surface area contributed by atoms with Gasteiger partial charge in [0.05, 0.1) is 0 Å². The average Bonchev–Trinajstić information content (AvgIpc) is 2.72. The van der Waals surface area contributed by atoms with Crippen molar-refractivity contribution in [2.45, 2.75) is 64.0 Å². The minimum absolute atomic E-state index is 0.0112. The van der Waals surface area contributed by atoms with Gasteiger partial charge in [0.2, 0.25) is 5.91 Å². The first-order chi connectivity index (χ1) is 14.1. The highest BCUT2D eigenvalue weighted by Crippen LogP contribution is 2.60. The topological polar surface area (TPSA) is 70.2 Å². The van der Waals surface area contributed by atoms with E-state index in [2.05, 4.69) is 16.0 Å². The van der Waals surface area contributed by atoms with Gasteiger partial charge in [0, 0.05) is 30.1 Å². The summed E-state index contributed by atoms with van der Waals surface area (Å²) in [6.07, 6.45) is 9.49. The fraction of sp³-hybridized carbons (Fsp3) is 0.667. The third kappa shape index (κ3) is 3.94. The van der Waals surface area contributed by atoms with E-state index in [1.807, 2.05) is 24.3 Å². The van der Waals surface area contributed by atoms with Crippen LogP contribution in [0.3, 0.4) is 0 Å². The molecule has 1 aromatic rings. The monoisotopic (exact) mass is 395 g/mol. The minimum Gasteiger partial charge on any atom is -0.352 e. The van der Waals surface area contributed by atoms with Crippen molar-refractivity contribution in [2.24, 2.45) is 23.2 Å². The number of rotatable bonds is 5. The Morgan fingerprint density at radius 2 is 1.66 bits per heavy atom. The standard InChI is InChI=1S/C24H33N3O2/c28-22(27-21-2-1-7-25-15-21)20-5-3-16(4-6-20)14-26-23(29)24-11-17-8-18(12-24)10-19(9-17)13-24/h3-6,17-19,21,25H,1-2,7-15H2,(H,26,29)(H,27,28)/t17?,18?,19?,21-,24?/m0/s1. The summed E-state index contributed by atoms with van der Waals surface area (Å²) in [5.74, 6) is 2.60. The van der Waals surface area contributed by atoms with E-state index in [-0.39, 0.29) is 23.3 Å². The van der Waals surface area contributed by atoms with Crippen LogP contribution in [-0.4, -0.2) is 30.9 Å². The van der Waals surface area contributed by atoms with Gasteiger partial charge in [-0.05, 0) is 93.4 Å². The highest BCUT2D eigenvalue weighted by atomic mass is 16.2. The molecule has 1 saturated heterocycles. The molecule has 1 heterocycles. The Bertz CT molecular complexity index is 732. The van der Waals surface area contributed by atoms with Crippen LogP contribution in [0.2, 0.25) is 0 Å². The van der Waals surface area contributed by atoms with Crippen molar-refractivity contribution in [1.82, 2.24) is 16.0 Å². The van der Waals surface area contributed by atoms with Crippen molar-refractivity contribution in [1.29, 1.82) is 0 Å². The normalized spacial score (nSPS) is 35.3. The molecule has 4 saturated carbocycles. The molecule has 3 N–H and O–H groups in total. The van der Waals surface area contributed by atoms with E-state index in [1.165, 1.54) is 19.3 Å². The summed E-state index contributed by atoms with van der Waals surface area (Å²) in [5.41, 5.74) is 1.65. The Morgan fingerprint density at radius 3 is 2.24 bits per heavy atom. The van der Waals surface area contributed by atoms with E-state index in [9.17, 15) is 9.59 Å². The molecule has 1 aliphatic heterocycles. The van der Waals surface area contributed by atoms with Crippen molar-refractivity contribution in [2.75, 3.05) is 13.1 Å². The number of carbonyl (C=O) groups is 2. The molecule has 2 amide bonds. The Kier molecular flexibility index (Phi) is 5.10. The number of hydrogen-bond acceptors (Lipinski definition) is 3. The molecule has 5 heteroatoms. The zero-order valence-electron chi connectivity index (χ0n) is 17.2. The molecular formula is C24H33N3O2. The predicted octanol–water partition coefficient (Wildman–Crippen LogP) is 3.00. The van der Waals surface area contributed by atoms with Crippen molar-refractivity contribution in [3.63, 3.8) is 0 Å². The van der Waals surface area contributed by atoms with E-state index >= 15 is 0 Å². The molecule has 4 aliphatic carbocycles. The van der Waals surface area contributed by atoms with E-state index in [4.69, 9.17) is 0 Å². The predicted molar refractivity (Wildman–Crippen MR) is 112 cm³/mol. The van der Waals surface area contributed by atoms with E-state index in [0.29, 0.717) is 12.1 Å². The highest BCUT2D eigenvalue weighted by Gasteiger charge is 2.54. The van der Waals surface area contributed by atoms with E-state index < -0.39 is 0 Å². The van der Waals surface area contributed by atoms with Crippen LogP contribution in [0.5, 0.6) is 0 Å². The maximum absolute atomic E-state index is 13.1. The smallest absolute Gasteiger partial charge is 0.251 e. The van der Waals surface area contributed by atoms with Gasteiger partial charge < -0.3 is 16.0 Å². The fourth-order valence-electron chi connectivity index (χ4n) is 6.78. The highest BCUT2D eigenvalue weighted by molar-refractivity contribution is 5.94. The van der Waals surface area contributed by atoms with Crippen molar-refractivity contribution < 1.29 is 9.59 Å². The lowest BCUT2D eigenvalue weighted by atomic mass is 9.49. The Labute approximate surface area is 173 Å². The second-order valence-corrected chi connectivity index (χ2v) is 10.1. The van der Waals surface area contributed by atoms with Crippen molar-refractivity contribution in [3.05, 3.63) is 35.4 Å². The minimum atomic E-state index is -0.0946. The maximum Gasteiger partial charge on any atom is 0.251 e. The van der Waals surface area contributed by atoms with Gasteiger partial charge >= 0.3 is 0 Å². The number of amides is 2. The zero-order valence-corrected chi connectivity index (χ0v) is 17.2. The van der Waals surface area contributed by atoms with Crippen LogP contribution >= 0.6 is 0 Å². The lowest BCUT2D eigenvalue weighted by molar-refractivity contribution is -0.146. The van der Waals surface area contributed by atoms with Gasteiger partial charge in [-0.2, -0.15) is 0 Å². The SMILES string of the molecule is O=C(N[C@H]1CCCNC1)c1ccc(CNC(=O)C23CC4CC(CC(C4)C2)C3)cc1. The number of benzene rings is 1. The van der Waals surface area contributed by atoms with Crippen LogP contribution in [0.4, 0.5) is 0 Å². The summed E-state index contributed by atoms with van der Waals surface area (Å²) >= 11 is 0. The largest absolute Gasteiger partial charge is 0.352 e. The van der Waals surface area contributed by atoms with Gasteiger partial charge in [-0.15, -0.1) is 0 Å². The lowest BCUT2D eigenvalue weighted by Gasteiger charge is -2.55. The van der Waals surface area contributed by atoms with Gasteiger partial charge in [-0.25, -0.2) is 0 Å². The molecule has 1 aromatic carbocycles. The van der Waals surface area contributed by atoms with Gasteiger partial charge in [0.15, 0.2) is 0 Å². The molecular weight excluding hydrogens is 362 g/mol. The van der Waals surface area contributed by atoms with E-state index in [0.717, 1.165) is 68.5 Å². The summed E-state index contributed by atoms with van der Waals surface area (Å²) in [6, 6.07) is 7.90. The zero-order chi connectivity index (χ0) is 19.8. The van der Waals surface area contributed by atoms with Gasteiger partial charge in [0.1, 0.15) is 0 Å². The quantitative estimate of drug-likeness (QED) is 0.718. The summed E-state index contributed by atoms with van der Waals surface area (Å²) in [7, 11) is 0. The number of hydrogen-bond donors (Lipinski definition) is 3. The molecule has 6 rings (SSSR count). The molecule has 4 bridgehead atoms. The Balaban J connectivity index is 1.15. The van der Waals surface area contributed by atoms with Crippen LogP contribution in [0, 0.1) is 23.2 Å². The maximum atomic E-state index is 13.1. The third-order valence-electron chi connectivity index (χ3n) is 7.82. The average molecular weight is 396 g/mol. The first-order valence-corrected chi connectivity index (χ1v) is 11.5. The number of nitrogens with one attached hydrogen (secondary N) is 3. The molecule has 0 unspecified atom stereocenters. The summed E-state index contributed by atoms with van der Waals surface area (Å²) in [5, 5.41) is 9.65. The van der Waals surface area contributed by atoms with Gasteiger partial charge in [0.25, 0.3) is 5.91 Å². The van der Waals surface area contributed by atoms with Crippen LogP contribution < -0.4 is 16.0 Å².